The first-order chi connectivity index (χ1) is 7.72. The summed E-state index contributed by atoms with van der Waals surface area (Å²) in [6.45, 7) is 8.46. The molecule has 0 aromatic heterocycles. The van der Waals surface area contributed by atoms with Crippen molar-refractivity contribution in [2.45, 2.75) is 25.4 Å². The van der Waals surface area contributed by atoms with Crippen LogP contribution < -0.4 is 0 Å². The van der Waals surface area contributed by atoms with Gasteiger partial charge in [0.05, 0.1) is 5.60 Å². The number of thioether (sulfide) groups is 1. The lowest BCUT2D eigenvalue weighted by molar-refractivity contribution is -0.0506. The minimum Gasteiger partial charge on any atom is -0.387 e. The lowest BCUT2D eigenvalue weighted by atomic mass is 9.92. The average Bonchev–Trinajstić information content (AvgIpc) is 2.29. The zero-order chi connectivity index (χ0) is 11.4. The summed E-state index contributed by atoms with van der Waals surface area (Å²) in [6, 6.07) is 0. The molecule has 2 aliphatic rings. The summed E-state index contributed by atoms with van der Waals surface area (Å²) in [7, 11) is 0. The van der Waals surface area contributed by atoms with Crippen molar-refractivity contribution in [2.24, 2.45) is 0 Å². The molecule has 2 rings (SSSR count). The summed E-state index contributed by atoms with van der Waals surface area (Å²) in [5, 5.41) is 10.6. The van der Waals surface area contributed by atoms with E-state index in [0.29, 0.717) is 0 Å². The molecule has 2 aliphatic heterocycles. The molecule has 4 heteroatoms. The Balaban J connectivity index is 1.85. The van der Waals surface area contributed by atoms with Crippen LogP contribution in [0.2, 0.25) is 0 Å². The molecule has 16 heavy (non-hydrogen) atoms. The highest BCUT2D eigenvalue weighted by Crippen LogP contribution is 2.23. The topological polar surface area (TPSA) is 26.7 Å². The van der Waals surface area contributed by atoms with Crippen LogP contribution in [-0.2, 0) is 0 Å². The molecule has 2 heterocycles. The van der Waals surface area contributed by atoms with Gasteiger partial charge in [0.1, 0.15) is 0 Å². The molecule has 0 unspecified atom stereocenters. The van der Waals surface area contributed by atoms with Crippen LogP contribution in [0.3, 0.4) is 0 Å². The van der Waals surface area contributed by atoms with E-state index < -0.39 is 5.60 Å². The van der Waals surface area contributed by atoms with Gasteiger partial charge in [0, 0.05) is 37.7 Å². The van der Waals surface area contributed by atoms with Crippen molar-refractivity contribution in [3.63, 3.8) is 0 Å². The van der Waals surface area contributed by atoms with Crippen LogP contribution in [0.1, 0.15) is 19.8 Å². The molecular weight excluding hydrogens is 220 g/mol. The molecule has 0 aromatic rings. The Bertz CT molecular complexity index is 221. The van der Waals surface area contributed by atoms with Gasteiger partial charge in [0.15, 0.2) is 0 Å². The fourth-order valence-corrected chi connectivity index (χ4v) is 3.76. The molecule has 2 fully saturated rings. The lowest BCUT2D eigenvalue weighted by Gasteiger charge is -2.42. The van der Waals surface area contributed by atoms with Crippen LogP contribution in [0.4, 0.5) is 0 Å². The summed E-state index contributed by atoms with van der Waals surface area (Å²) in [6.07, 6.45) is 2.13. The van der Waals surface area contributed by atoms with Gasteiger partial charge in [-0.1, -0.05) is 6.92 Å². The van der Waals surface area contributed by atoms with E-state index >= 15 is 0 Å². The van der Waals surface area contributed by atoms with E-state index in [1.54, 1.807) is 0 Å². The Kier molecular flexibility index (Phi) is 4.53. The monoisotopic (exact) mass is 244 g/mol. The Morgan fingerprint density at radius 2 is 1.94 bits per heavy atom. The Morgan fingerprint density at radius 1 is 1.19 bits per heavy atom. The van der Waals surface area contributed by atoms with Gasteiger partial charge in [-0.25, -0.2) is 0 Å². The second kappa shape index (κ2) is 5.71. The fourth-order valence-electron chi connectivity index (χ4n) is 2.78. The highest BCUT2D eigenvalue weighted by molar-refractivity contribution is 7.99. The fraction of sp³-hybridized carbons (Fsp3) is 1.00. The molecule has 2 saturated heterocycles. The third-order valence-corrected chi connectivity index (χ3v) is 4.65. The maximum absolute atomic E-state index is 10.6. The van der Waals surface area contributed by atoms with Crippen molar-refractivity contribution in [3.05, 3.63) is 0 Å². The molecule has 0 saturated carbocycles. The Hall–Kier alpha value is 0.230. The van der Waals surface area contributed by atoms with E-state index in [1.165, 1.54) is 11.5 Å². The summed E-state index contributed by atoms with van der Waals surface area (Å²) in [5.41, 5.74) is -0.448. The van der Waals surface area contributed by atoms with Crippen molar-refractivity contribution < 1.29 is 5.11 Å². The molecule has 3 nitrogen and oxygen atoms in total. The Morgan fingerprint density at radius 3 is 2.62 bits per heavy atom. The van der Waals surface area contributed by atoms with Crippen molar-refractivity contribution in [2.75, 3.05) is 50.8 Å². The molecule has 0 amide bonds. The first kappa shape index (κ1) is 12.7. The number of β-amino-alcohol motifs (C(OH)–C–C–N with tert-alkyl or cyclic N) is 1. The molecule has 0 aliphatic carbocycles. The maximum atomic E-state index is 10.6. The quantitative estimate of drug-likeness (QED) is 0.797. The van der Waals surface area contributed by atoms with Crippen LogP contribution in [-0.4, -0.2) is 71.3 Å². The summed E-state index contributed by atoms with van der Waals surface area (Å²) >= 11 is 2.03. The zero-order valence-corrected chi connectivity index (χ0v) is 11.1. The summed E-state index contributed by atoms with van der Waals surface area (Å²) < 4.78 is 0. The normalized spacial score (nSPS) is 34.1. The van der Waals surface area contributed by atoms with Crippen molar-refractivity contribution in [3.8, 4) is 0 Å². The van der Waals surface area contributed by atoms with Crippen LogP contribution in [0.15, 0.2) is 0 Å². The van der Waals surface area contributed by atoms with Gasteiger partial charge >= 0.3 is 0 Å². The van der Waals surface area contributed by atoms with Gasteiger partial charge in [-0.15, -0.1) is 0 Å². The standard InChI is InChI=1S/C12H24N2OS/c1-2-13-5-3-4-12(15,10-13)11-14-6-8-16-9-7-14/h15H,2-11H2,1H3/t12-/m1/s1. The number of rotatable bonds is 3. The van der Waals surface area contributed by atoms with E-state index in [0.717, 1.165) is 52.1 Å². The van der Waals surface area contributed by atoms with Crippen molar-refractivity contribution >= 4 is 11.8 Å². The second-order valence-electron chi connectivity index (χ2n) is 5.09. The second-order valence-corrected chi connectivity index (χ2v) is 6.31. The van der Waals surface area contributed by atoms with Crippen LogP contribution in [0.25, 0.3) is 0 Å². The van der Waals surface area contributed by atoms with Crippen molar-refractivity contribution in [1.82, 2.24) is 9.80 Å². The molecule has 1 atom stereocenters. The molecule has 94 valence electrons. The highest BCUT2D eigenvalue weighted by atomic mass is 32.2. The minimum atomic E-state index is -0.448. The highest BCUT2D eigenvalue weighted by Gasteiger charge is 2.34. The molecular formula is C12H24N2OS. The first-order valence-corrected chi connectivity index (χ1v) is 7.62. The minimum absolute atomic E-state index is 0.448. The third kappa shape index (κ3) is 3.36. The van der Waals surface area contributed by atoms with E-state index in [1.807, 2.05) is 11.8 Å². The summed E-state index contributed by atoms with van der Waals surface area (Å²) in [5.74, 6) is 2.46. The SMILES string of the molecule is CCN1CCC[C@](O)(CN2CCSCC2)C1. The number of piperidine rings is 1. The molecule has 0 spiro atoms. The van der Waals surface area contributed by atoms with E-state index in [2.05, 4.69) is 16.7 Å². The maximum Gasteiger partial charge on any atom is 0.0900 e. The Labute approximate surface area is 103 Å². The van der Waals surface area contributed by atoms with Crippen LogP contribution in [0, 0.1) is 0 Å². The predicted molar refractivity (Wildman–Crippen MR) is 70.1 cm³/mol. The largest absolute Gasteiger partial charge is 0.387 e. The van der Waals surface area contributed by atoms with Crippen LogP contribution >= 0.6 is 11.8 Å². The number of nitrogens with zero attached hydrogens (tertiary/aromatic N) is 2. The molecule has 0 bridgehead atoms. The zero-order valence-electron chi connectivity index (χ0n) is 10.3. The van der Waals surface area contributed by atoms with Crippen molar-refractivity contribution in [1.29, 1.82) is 0 Å². The lowest BCUT2D eigenvalue weighted by Crippen LogP contribution is -2.55. The smallest absolute Gasteiger partial charge is 0.0900 e. The van der Waals surface area contributed by atoms with Gasteiger partial charge in [-0.3, -0.25) is 4.90 Å². The van der Waals surface area contributed by atoms with Gasteiger partial charge < -0.3 is 10.0 Å². The third-order valence-electron chi connectivity index (χ3n) is 3.70. The molecule has 0 aromatic carbocycles. The average molecular weight is 244 g/mol. The van der Waals surface area contributed by atoms with Gasteiger partial charge in [0.2, 0.25) is 0 Å². The van der Waals surface area contributed by atoms with Gasteiger partial charge in [-0.05, 0) is 25.9 Å². The van der Waals surface area contributed by atoms with Crippen LogP contribution in [0.5, 0.6) is 0 Å². The van der Waals surface area contributed by atoms with E-state index in [-0.39, 0.29) is 0 Å². The van der Waals surface area contributed by atoms with E-state index in [9.17, 15) is 5.11 Å². The van der Waals surface area contributed by atoms with Gasteiger partial charge in [0.25, 0.3) is 0 Å². The molecule has 1 N–H and O–H groups in total. The molecule has 0 radical (unpaired) electrons. The summed E-state index contributed by atoms with van der Waals surface area (Å²) in [4.78, 5) is 4.82. The predicted octanol–water partition coefficient (Wildman–Crippen LogP) is 0.882. The number of hydrogen-bond acceptors (Lipinski definition) is 4. The number of hydrogen-bond donors (Lipinski definition) is 1. The number of aliphatic hydroxyl groups is 1. The number of likely N-dealkylation sites (tertiary alicyclic amines) is 1. The first-order valence-electron chi connectivity index (χ1n) is 6.47. The van der Waals surface area contributed by atoms with Gasteiger partial charge in [-0.2, -0.15) is 11.8 Å². The number of likely N-dealkylation sites (N-methyl/N-ethyl adjacent to an activating group) is 1. The van der Waals surface area contributed by atoms with E-state index in [4.69, 9.17) is 0 Å².